The monoisotopic (exact) mass is 444 g/mol. The zero-order chi connectivity index (χ0) is 21.6. The minimum atomic E-state index is -0.508. The molecule has 31 heavy (non-hydrogen) atoms. The highest BCUT2D eigenvalue weighted by atomic mass is 35.5. The third-order valence-corrected chi connectivity index (χ3v) is 5.74. The maximum absolute atomic E-state index is 10.9. The van der Waals surface area contributed by atoms with E-state index in [-0.39, 0.29) is 5.82 Å². The number of hydrogen-bond acceptors (Lipinski definition) is 8. The number of benzene rings is 1. The Morgan fingerprint density at radius 1 is 1.32 bits per heavy atom. The maximum atomic E-state index is 10.9. The highest BCUT2D eigenvalue weighted by molar-refractivity contribution is 6.31. The lowest BCUT2D eigenvalue weighted by Crippen LogP contribution is -2.51. The molecule has 3 aromatic rings. The van der Waals surface area contributed by atoms with Crippen LogP contribution in [0.5, 0.6) is 6.01 Å². The molecule has 0 bridgehead atoms. The molecular formula is C20H21ClN6O4. The summed E-state index contributed by atoms with van der Waals surface area (Å²) in [6, 6.07) is 7.75. The topological polar surface area (TPSA) is 102 Å². The minimum Gasteiger partial charge on any atom is -0.455 e. The van der Waals surface area contributed by atoms with Crippen LogP contribution in [0.3, 0.4) is 0 Å². The van der Waals surface area contributed by atoms with Gasteiger partial charge in [-0.25, -0.2) is 0 Å². The van der Waals surface area contributed by atoms with Crippen LogP contribution < -0.4 is 4.74 Å². The van der Waals surface area contributed by atoms with E-state index in [1.807, 2.05) is 30.1 Å². The van der Waals surface area contributed by atoms with Crippen LogP contribution >= 0.6 is 11.6 Å². The van der Waals surface area contributed by atoms with Gasteiger partial charge in [-0.15, -0.1) is 0 Å². The van der Waals surface area contributed by atoms with E-state index < -0.39 is 10.5 Å². The maximum Gasteiger partial charge on any atom is 0.415 e. The highest BCUT2D eigenvalue weighted by Gasteiger charge is 2.41. The van der Waals surface area contributed by atoms with Crippen molar-refractivity contribution in [1.82, 2.24) is 19.5 Å². The summed E-state index contributed by atoms with van der Waals surface area (Å²) >= 11 is 6.02. The first-order chi connectivity index (χ1) is 14.9. The van der Waals surface area contributed by atoms with E-state index in [1.54, 1.807) is 16.8 Å². The summed E-state index contributed by atoms with van der Waals surface area (Å²) in [6.07, 6.45) is 3.16. The molecule has 1 aromatic carbocycles. The second kappa shape index (κ2) is 7.54. The lowest BCUT2D eigenvalue weighted by Gasteiger charge is -2.36. The fraction of sp³-hybridized carbons (Fsp3) is 0.400. The summed E-state index contributed by atoms with van der Waals surface area (Å²) < 4.78 is 13.4. The van der Waals surface area contributed by atoms with Gasteiger partial charge in [0, 0.05) is 48.1 Å². The molecule has 11 heteroatoms. The Hall–Kier alpha value is -3.11. The smallest absolute Gasteiger partial charge is 0.415 e. The molecular weight excluding hydrogens is 424 g/mol. The number of piperazine rings is 1. The quantitative estimate of drug-likeness (QED) is 0.338. The molecule has 0 aliphatic carbocycles. The fourth-order valence-corrected chi connectivity index (χ4v) is 4.27. The second-order valence-corrected chi connectivity index (χ2v) is 8.56. The predicted molar refractivity (Wildman–Crippen MR) is 115 cm³/mol. The molecule has 2 aliphatic rings. The number of ether oxygens (including phenoxy) is 1. The first-order valence-electron chi connectivity index (χ1n) is 9.98. The van der Waals surface area contributed by atoms with Gasteiger partial charge in [0.15, 0.2) is 0 Å². The Labute approximate surface area is 182 Å². The first kappa shape index (κ1) is 19.8. The summed E-state index contributed by atoms with van der Waals surface area (Å²) in [5.74, 6) is 0.506. The lowest BCUT2D eigenvalue weighted by molar-refractivity contribution is -0.389. The lowest BCUT2D eigenvalue weighted by atomic mass is 10.1. The predicted octanol–water partition coefficient (Wildman–Crippen LogP) is 2.99. The van der Waals surface area contributed by atoms with E-state index in [0.29, 0.717) is 29.9 Å². The molecule has 0 spiro atoms. The van der Waals surface area contributed by atoms with Gasteiger partial charge in [0.1, 0.15) is 23.1 Å². The van der Waals surface area contributed by atoms with Crippen molar-refractivity contribution >= 4 is 34.6 Å². The SMILES string of the molecule is C[C@]1(CN2CCN(N=Cc3cc4cc(Cl)ccc4o3)CC2)Cn2cc([N+](=O)[O-])nc2O1. The summed E-state index contributed by atoms with van der Waals surface area (Å²) in [6.45, 7) is 6.52. The van der Waals surface area contributed by atoms with Crippen LogP contribution in [0, 0.1) is 10.1 Å². The Kier molecular flexibility index (Phi) is 4.82. The summed E-state index contributed by atoms with van der Waals surface area (Å²) in [5.41, 5.74) is 0.323. The van der Waals surface area contributed by atoms with E-state index in [1.165, 1.54) is 6.20 Å². The van der Waals surface area contributed by atoms with Crippen LogP contribution in [0.2, 0.25) is 5.02 Å². The molecule has 0 unspecified atom stereocenters. The molecule has 0 amide bonds. The zero-order valence-corrected chi connectivity index (χ0v) is 17.7. The number of fused-ring (bicyclic) bond motifs is 2. The first-order valence-corrected chi connectivity index (χ1v) is 10.4. The van der Waals surface area contributed by atoms with Crippen LogP contribution in [0.1, 0.15) is 12.7 Å². The third kappa shape index (κ3) is 4.08. The van der Waals surface area contributed by atoms with E-state index in [0.717, 1.165) is 37.1 Å². The van der Waals surface area contributed by atoms with Crippen molar-refractivity contribution in [3.05, 3.63) is 51.4 Å². The molecule has 5 rings (SSSR count). The van der Waals surface area contributed by atoms with Gasteiger partial charge in [0.25, 0.3) is 0 Å². The van der Waals surface area contributed by atoms with Crippen molar-refractivity contribution in [2.24, 2.45) is 5.10 Å². The molecule has 0 N–H and O–H groups in total. The van der Waals surface area contributed by atoms with Gasteiger partial charge in [-0.05, 0) is 36.1 Å². The van der Waals surface area contributed by atoms with Crippen LogP contribution in [-0.2, 0) is 6.54 Å². The van der Waals surface area contributed by atoms with Crippen molar-refractivity contribution < 1.29 is 14.1 Å². The Bertz CT molecular complexity index is 1140. The average molecular weight is 445 g/mol. The number of rotatable bonds is 5. The molecule has 4 heterocycles. The van der Waals surface area contributed by atoms with Gasteiger partial charge in [-0.2, -0.15) is 5.10 Å². The number of imidazole rings is 1. The van der Waals surface area contributed by atoms with Crippen molar-refractivity contribution in [2.45, 2.75) is 19.1 Å². The second-order valence-electron chi connectivity index (χ2n) is 8.12. The molecule has 2 aromatic heterocycles. The van der Waals surface area contributed by atoms with Crippen LogP contribution in [0.4, 0.5) is 5.82 Å². The number of furan rings is 1. The van der Waals surface area contributed by atoms with Crippen molar-refractivity contribution in [3.8, 4) is 6.01 Å². The number of aromatic nitrogens is 2. The number of nitrogens with zero attached hydrogens (tertiary/aromatic N) is 6. The normalized spacial score (nSPS) is 21.7. The average Bonchev–Trinajstić information content (AvgIpc) is 3.38. The number of nitro groups is 1. The van der Waals surface area contributed by atoms with Gasteiger partial charge in [-0.3, -0.25) is 14.5 Å². The van der Waals surface area contributed by atoms with Gasteiger partial charge in [-0.1, -0.05) is 11.6 Å². The van der Waals surface area contributed by atoms with Crippen LogP contribution in [0.25, 0.3) is 11.0 Å². The molecule has 0 radical (unpaired) electrons. The molecule has 1 saturated heterocycles. The molecule has 2 aliphatic heterocycles. The van der Waals surface area contributed by atoms with E-state index >= 15 is 0 Å². The molecule has 0 saturated carbocycles. The van der Waals surface area contributed by atoms with E-state index in [2.05, 4.69) is 15.0 Å². The van der Waals surface area contributed by atoms with Gasteiger partial charge in [0.05, 0.1) is 12.8 Å². The third-order valence-electron chi connectivity index (χ3n) is 5.51. The minimum absolute atomic E-state index is 0.184. The molecule has 162 valence electrons. The Morgan fingerprint density at radius 3 is 2.87 bits per heavy atom. The summed E-state index contributed by atoms with van der Waals surface area (Å²) in [4.78, 5) is 16.6. The van der Waals surface area contributed by atoms with Crippen LogP contribution in [-0.4, -0.2) is 68.9 Å². The number of halogens is 1. The van der Waals surface area contributed by atoms with Crippen molar-refractivity contribution in [1.29, 1.82) is 0 Å². The summed E-state index contributed by atoms with van der Waals surface area (Å²) in [7, 11) is 0. The summed E-state index contributed by atoms with van der Waals surface area (Å²) in [5, 5.41) is 19.1. The van der Waals surface area contributed by atoms with Crippen LogP contribution in [0.15, 0.2) is 40.0 Å². The van der Waals surface area contributed by atoms with E-state index in [9.17, 15) is 10.1 Å². The van der Waals surface area contributed by atoms with Crippen molar-refractivity contribution in [3.63, 3.8) is 0 Å². The van der Waals surface area contributed by atoms with Gasteiger partial charge >= 0.3 is 11.8 Å². The Balaban J connectivity index is 1.14. The standard InChI is InChI=1S/C20H21ClN6O4/c1-20(13-25-11-18(27(28)29)23-19(25)31-20)12-24-4-6-26(7-5-24)22-10-16-9-14-8-15(21)2-3-17(14)30-16/h2-3,8-11H,4-7,12-13H2,1H3/t20-/m0/s1. The molecule has 1 atom stereocenters. The fourth-order valence-electron chi connectivity index (χ4n) is 4.08. The highest BCUT2D eigenvalue weighted by Crippen LogP contribution is 2.31. The Morgan fingerprint density at radius 2 is 2.13 bits per heavy atom. The van der Waals surface area contributed by atoms with Gasteiger partial charge < -0.3 is 19.3 Å². The zero-order valence-electron chi connectivity index (χ0n) is 16.9. The number of hydrazone groups is 1. The molecule has 10 nitrogen and oxygen atoms in total. The number of hydrogen-bond donors (Lipinski definition) is 0. The molecule has 1 fully saturated rings. The largest absolute Gasteiger partial charge is 0.455 e. The van der Waals surface area contributed by atoms with Crippen molar-refractivity contribution in [2.75, 3.05) is 32.7 Å². The van der Waals surface area contributed by atoms with Gasteiger partial charge in [0.2, 0.25) is 0 Å². The van der Waals surface area contributed by atoms with E-state index in [4.69, 9.17) is 20.8 Å².